The molecule has 1 saturated carbocycles. The summed E-state index contributed by atoms with van der Waals surface area (Å²) in [6.07, 6.45) is 6.01. The molecule has 0 aromatic carbocycles. The predicted octanol–water partition coefficient (Wildman–Crippen LogP) is 1.32. The second-order valence-electron chi connectivity index (χ2n) is 5.51. The molecule has 0 aromatic heterocycles. The molecule has 1 fully saturated rings. The number of nitrogens with zero attached hydrogens (tertiary/aromatic N) is 2. The van der Waals surface area contributed by atoms with E-state index < -0.39 is 0 Å². The predicted molar refractivity (Wildman–Crippen MR) is 75.7 cm³/mol. The Kier molecular flexibility index (Phi) is 7.28. The maximum Gasteiger partial charge on any atom is 0.236 e. The van der Waals surface area contributed by atoms with Gasteiger partial charge in [-0.25, -0.2) is 0 Å². The van der Waals surface area contributed by atoms with Gasteiger partial charge in [0.2, 0.25) is 5.91 Å². The lowest BCUT2D eigenvalue weighted by Crippen LogP contribution is -2.46. The van der Waals surface area contributed by atoms with Gasteiger partial charge in [-0.3, -0.25) is 4.79 Å². The molecule has 0 heterocycles. The number of hydrogen-bond acceptors (Lipinski definition) is 3. The average Bonchev–Trinajstić information content (AvgIpc) is 2.83. The Morgan fingerprint density at radius 2 is 1.89 bits per heavy atom. The normalized spacial score (nSPS) is 16.4. The minimum Gasteiger partial charge on any atom is -0.337 e. The van der Waals surface area contributed by atoms with E-state index in [0.717, 1.165) is 26.1 Å². The summed E-state index contributed by atoms with van der Waals surface area (Å²) in [6, 6.07) is 0.487. The first-order valence-electron chi connectivity index (χ1n) is 7.30. The second-order valence-corrected chi connectivity index (χ2v) is 5.51. The molecule has 0 aromatic rings. The van der Waals surface area contributed by atoms with Gasteiger partial charge in [-0.15, -0.1) is 0 Å². The molecule has 0 bridgehead atoms. The zero-order valence-corrected chi connectivity index (χ0v) is 12.2. The van der Waals surface area contributed by atoms with Crippen LogP contribution in [0.1, 0.15) is 39.0 Å². The van der Waals surface area contributed by atoms with Crippen molar-refractivity contribution in [2.45, 2.75) is 45.1 Å². The van der Waals surface area contributed by atoms with Crippen molar-refractivity contribution in [1.82, 2.24) is 15.1 Å². The van der Waals surface area contributed by atoms with Crippen molar-refractivity contribution in [2.24, 2.45) is 0 Å². The first kappa shape index (κ1) is 15.4. The van der Waals surface area contributed by atoms with Crippen LogP contribution in [0.15, 0.2) is 0 Å². The summed E-state index contributed by atoms with van der Waals surface area (Å²) in [7, 11) is 4.12. The lowest BCUT2D eigenvalue weighted by molar-refractivity contribution is -0.132. The molecule has 18 heavy (non-hydrogen) atoms. The maximum absolute atomic E-state index is 12.3. The van der Waals surface area contributed by atoms with Gasteiger partial charge in [-0.1, -0.05) is 19.8 Å². The summed E-state index contributed by atoms with van der Waals surface area (Å²) in [5, 5.41) is 3.22. The van der Waals surface area contributed by atoms with Gasteiger partial charge in [0.05, 0.1) is 6.54 Å². The van der Waals surface area contributed by atoms with Crippen molar-refractivity contribution in [3.05, 3.63) is 0 Å². The zero-order valence-electron chi connectivity index (χ0n) is 12.2. The Morgan fingerprint density at radius 1 is 1.22 bits per heavy atom. The monoisotopic (exact) mass is 255 g/mol. The third-order valence-corrected chi connectivity index (χ3v) is 3.58. The summed E-state index contributed by atoms with van der Waals surface area (Å²) < 4.78 is 0. The van der Waals surface area contributed by atoms with E-state index >= 15 is 0 Å². The molecule has 106 valence electrons. The van der Waals surface area contributed by atoms with Gasteiger partial charge in [0.25, 0.3) is 0 Å². The van der Waals surface area contributed by atoms with Gasteiger partial charge in [-0.05, 0) is 39.9 Å². The van der Waals surface area contributed by atoms with Crippen molar-refractivity contribution < 1.29 is 4.79 Å². The molecule has 1 aliphatic carbocycles. The quantitative estimate of drug-likeness (QED) is 0.665. The van der Waals surface area contributed by atoms with E-state index in [9.17, 15) is 4.79 Å². The molecule has 0 spiro atoms. The molecule has 1 aliphatic rings. The Balaban J connectivity index is 2.44. The highest BCUT2D eigenvalue weighted by Gasteiger charge is 2.25. The Labute approximate surface area is 112 Å². The highest BCUT2D eigenvalue weighted by molar-refractivity contribution is 5.78. The van der Waals surface area contributed by atoms with E-state index in [2.05, 4.69) is 36.1 Å². The maximum atomic E-state index is 12.3. The largest absolute Gasteiger partial charge is 0.337 e. The van der Waals surface area contributed by atoms with E-state index in [0.29, 0.717) is 12.6 Å². The van der Waals surface area contributed by atoms with Gasteiger partial charge >= 0.3 is 0 Å². The summed E-state index contributed by atoms with van der Waals surface area (Å²) in [4.78, 5) is 16.5. The average molecular weight is 255 g/mol. The van der Waals surface area contributed by atoms with E-state index in [1.807, 2.05) is 0 Å². The summed E-state index contributed by atoms with van der Waals surface area (Å²) >= 11 is 0. The highest BCUT2D eigenvalue weighted by Crippen LogP contribution is 2.23. The summed E-state index contributed by atoms with van der Waals surface area (Å²) in [6.45, 7) is 5.37. The summed E-state index contributed by atoms with van der Waals surface area (Å²) in [5.74, 6) is 0.275. The molecule has 0 aliphatic heterocycles. The SMILES string of the molecule is CCCNCC(=O)N(CCN(C)C)C1CCCC1. The minimum atomic E-state index is 0.275. The molecule has 0 atom stereocenters. The van der Waals surface area contributed by atoms with E-state index in [-0.39, 0.29) is 5.91 Å². The van der Waals surface area contributed by atoms with Crippen LogP contribution in [0.25, 0.3) is 0 Å². The molecule has 1 rings (SSSR count). The fourth-order valence-electron chi connectivity index (χ4n) is 2.51. The Morgan fingerprint density at radius 3 is 2.44 bits per heavy atom. The van der Waals surface area contributed by atoms with Crippen LogP contribution in [0.2, 0.25) is 0 Å². The van der Waals surface area contributed by atoms with Crippen LogP contribution < -0.4 is 5.32 Å². The number of nitrogens with one attached hydrogen (secondary N) is 1. The van der Waals surface area contributed by atoms with E-state index in [1.165, 1.54) is 25.7 Å². The van der Waals surface area contributed by atoms with Gasteiger partial charge in [0, 0.05) is 19.1 Å². The van der Waals surface area contributed by atoms with Crippen molar-refractivity contribution in [1.29, 1.82) is 0 Å². The number of rotatable bonds is 8. The van der Waals surface area contributed by atoms with Crippen molar-refractivity contribution in [3.8, 4) is 0 Å². The molecule has 0 unspecified atom stereocenters. The smallest absolute Gasteiger partial charge is 0.236 e. The van der Waals surface area contributed by atoms with Gasteiger partial charge in [0.15, 0.2) is 0 Å². The fraction of sp³-hybridized carbons (Fsp3) is 0.929. The molecule has 1 amide bonds. The molecule has 4 nitrogen and oxygen atoms in total. The Bertz CT molecular complexity index is 237. The third-order valence-electron chi connectivity index (χ3n) is 3.58. The number of carbonyl (C=O) groups excluding carboxylic acids is 1. The van der Waals surface area contributed by atoms with Gasteiger partial charge in [0.1, 0.15) is 0 Å². The number of hydrogen-bond donors (Lipinski definition) is 1. The minimum absolute atomic E-state index is 0.275. The lowest BCUT2D eigenvalue weighted by Gasteiger charge is -2.30. The van der Waals surface area contributed by atoms with Crippen molar-refractivity contribution in [3.63, 3.8) is 0 Å². The van der Waals surface area contributed by atoms with Crippen molar-refractivity contribution in [2.75, 3.05) is 40.3 Å². The summed E-state index contributed by atoms with van der Waals surface area (Å²) in [5.41, 5.74) is 0. The van der Waals surface area contributed by atoms with Crippen molar-refractivity contribution >= 4 is 5.91 Å². The number of amides is 1. The van der Waals surface area contributed by atoms with Crippen LogP contribution in [0.5, 0.6) is 0 Å². The zero-order chi connectivity index (χ0) is 13.4. The molecule has 0 radical (unpaired) electrons. The molecule has 0 saturated heterocycles. The molecular formula is C14H29N3O. The molecule has 4 heteroatoms. The van der Waals surface area contributed by atoms with Crippen LogP contribution in [0.3, 0.4) is 0 Å². The second kappa shape index (κ2) is 8.48. The van der Waals surface area contributed by atoms with E-state index in [4.69, 9.17) is 0 Å². The number of likely N-dealkylation sites (N-methyl/N-ethyl adjacent to an activating group) is 1. The molecule has 1 N–H and O–H groups in total. The van der Waals surface area contributed by atoms with E-state index in [1.54, 1.807) is 0 Å². The Hall–Kier alpha value is -0.610. The highest BCUT2D eigenvalue weighted by atomic mass is 16.2. The van der Waals surface area contributed by atoms with Crippen LogP contribution >= 0.6 is 0 Å². The van der Waals surface area contributed by atoms with Crippen LogP contribution in [-0.2, 0) is 4.79 Å². The van der Waals surface area contributed by atoms with Crippen LogP contribution in [-0.4, -0.2) is 62.0 Å². The standard InChI is InChI=1S/C14H29N3O/c1-4-9-15-12-14(18)17(11-10-16(2)3)13-7-5-6-8-13/h13,15H,4-12H2,1-3H3. The topological polar surface area (TPSA) is 35.6 Å². The first-order chi connectivity index (χ1) is 8.65. The lowest BCUT2D eigenvalue weighted by atomic mass is 10.2. The van der Waals surface area contributed by atoms with Gasteiger partial charge < -0.3 is 15.1 Å². The number of carbonyl (C=O) groups is 1. The molecular weight excluding hydrogens is 226 g/mol. The van der Waals surface area contributed by atoms with Crippen LogP contribution in [0.4, 0.5) is 0 Å². The van der Waals surface area contributed by atoms with Gasteiger partial charge in [-0.2, -0.15) is 0 Å². The van der Waals surface area contributed by atoms with Crippen LogP contribution in [0, 0.1) is 0 Å². The third kappa shape index (κ3) is 5.36. The first-order valence-corrected chi connectivity index (χ1v) is 7.30. The fourth-order valence-corrected chi connectivity index (χ4v) is 2.51.